The zero-order chi connectivity index (χ0) is 11.4. The normalized spacial score (nSPS) is 19.0. The Morgan fingerprint density at radius 1 is 1.44 bits per heavy atom. The lowest BCUT2D eigenvalue weighted by molar-refractivity contribution is 0.213. The fourth-order valence-corrected chi connectivity index (χ4v) is 2.89. The maximum atomic E-state index is 10.3. The Morgan fingerprint density at radius 2 is 2.31 bits per heavy atom. The highest BCUT2D eigenvalue weighted by Gasteiger charge is 2.20. The van der Waals surface area contributed by atoms with E-state index in [9.17, 15) is 5.11 Å². The number of hydrogen-bond donors (Lipinski definition) is 1. The monoisotopic (exact) mass is 238 g/mol. The average Bonchev–Trinajstić information content (AvgIpc) is 2.61. The van der Waals surface area contributed by atoms with Crippen LogP contribution in [0.25, 0.3) is 0 Å². The van der Waals surface area contributed by atoms with Crippen LogP contribution in [0.2, 0.25) is 0 Å². The summed E-state index contributed by atoms with van der Waals surface area (Å²) in [5.74, 6) is 0. The molecular weight excluding hydrogens is 220 g/mol. The van der Waals surface area contributed by atoms with Crippen molar-refractivity contribution < 1.29 is 5.11 Å². The maximum Gasteiger partial charge on any atom is 0.113 e. The van der Waals surface area contributed by atoms with Crippen LogP contribution in [0.5, 0.6) is 0 Å². The second kappa shape index (κ2) is 5.55. The molecule has 0 amide bonds. The Balaban J connectivity index is 2.17. The van der Waals surface area contributed by atoms with Crippen LogP contribution in [0.3, 0.4) is 0 Å². The largest absolute Gasteiger partial charge is 0.383 e. The second-order valence-corrected chi connectivity index (χ2v) is 5.00. The van der Waals surface area contributed by atoms with Crippen molar-refractivity contribution in [3.8, 4) is 0 Å². The first-order valence-electron chi connectivity index (χ1n) is 6.01. The summed E-state index contributed by atoms with van der Waals surface area (Å²) < 4.78 is 3.94. The van der Waals surface area contributed by atoms with Crippen molar-refractivity contribution in [1.82, 2.24) is 9.59 Å². The van der Waals surface area contributed by atoms with E-state index < -0.39 is 6.10 Å². The summed E-state index contributed by atoms with van der Waals surface area (Å²) in [5, 5.41) is 14.4. The molecular formula is C12H18N2OS. The van der Waals surface area contributed by atoms with Crippen LogP contribution in [0.4, 0.5) is 0 Å². The molecule has 0 bridgehead atoms. The fraction of sp³-hybridized carbons (Fsp3) is 0.667. The first-order chi connectivity index (χ1) is 7.83. The molecule has 0 fully saturated rings. The molecule has 2 rings (SSSR count). The van der Waals surface area contributed by atoms with Crippen molar-refractivity contribution in [3.05, 3.63) is 22.2 Å². The first-order valence-corrected chi connectivity index (χ1v) is 6.78. The SMILES string of the molecule is CCc1nnsc1C(O)C1=CCCCCC1. The lowest BCUT2D eigenvalue weighted by Gasteiger charge is -2.12. The van der Waals surface area contributed by atoms with Crippen molar-refractivity contribution in [2.75, 3.05) is 0 Å². The van der Waals surface area contributed by atoms with Crippen molar-refractivity contribution in [1.29, 1.82) is 0 Å². The first kappa shape index (κ1) is 11.7. The minimum absolute atomic E-state index is 0.465. The molecule has 0 aromatic carbocycles. The van der Waals surface area contributed by atoms with Gasteiger partial charge in [-0.1, -0.05) is 23.9 Å². The number of aliphatic hydroxyl groups is 1. The lowest BCUT2D eigenvalue weighted by atomic mass is 10.0. The molecule has 0 spiro atoms. The van der Waals surface area contributed by atoms with Gasteiger partial charge in [0.25, 0.3) is 0 Å². The molecule has 1 unspecified atom stereocenters. The van der Waals surface area contributed by atoms with Crippen LogP contribution in [-0.2, 0) is 6.42 Å². The zero-order valence-electron chi connectivity index (χ0n) is 9.65. The van der Waals surface area contributed by atoms with Crippen LogP contribution in [-0.4, -0.2) is 14.7 Å². The Kier molecular flexibility index (Phi) is 4.07. The van der Waals surface area contributed by atoms with Crippen LogP contribution in [0.15, 0.2) is 11.6 Å². The van der Waals surface area contributed by atoms with Crippen LogP contribution in [0.1, 0.15) is 55.7 Å². The summed E-state index contributed by atoms with van der Waals surface area (Å²) in [7, 11) is 0. The van der Waals surface area contributed by atoms with E-state index in [1.165, 1.54) is 36.4 Å². The van der Waals surface area contributed by atoms with Crippen molar-refractivity contribution >= 4 is 11.5 Å². The fourth-order valence-electron chi connectivity index (χ4n) is 2.12. The maximum absolute atomic E-state index is 10.3. The van der Waals surface area contributed by atoms with Crippen molar-refractivity contribution in [2.45, 2.75) is 51.6 Å². The van der Waals surface area contributed by atoms with E-state index in [2.05, 4.69) is 22.6 Å². The minimum atomic E-state index is -0.465. The van der Waals surface area contributed by atoms with E-state index >= 15 is 0 Å². The van der Waals surface area contributed by atoms with Gasteiger partial charge in [0.2, 0.25) is 0 Å². The van der Waals surface area contributed by atoms with E-state index in [0.29, 0.717) is 0 Å². The van der Waals surface area contributed by atoms with Gasteiger partial charge in [0.1, 0.15) is 6.10 Å². The predicted molar refractivity (Wildman–Crippen MR) is 65.4 cm³/mol. The molecule has 3 nitrogen and oxygen atoms in total. The highest BCUT2D eigenvalue weighted by atomic mass is 32.1. The zero-order valence-corrected chi connectivity index (χ0v) is 10.5. The summed E-state index contributed by atoms with van der Waals surface area (Å²) >= 11 is 1.33. The number of hydrogen-bond acceptors (Lipinski definition) is 4. The van der Waals surface area contributed by atoms with Gasteiger partial charge in [-0.05, 0) is 49.2 Å². The number of nitrogens with zero attached hydrogens (tertiary/aromatic N) is 2. The second-order valence-electron chi connectivity index (χ2n) is 4.22. The van der Waals surface area contributed by atoms with E-state index in [1.54, 1.807) is 0 Å². The minimum Gasteiger partial charge on any atom is -0.383 e. The lowest BCUT2D eigenvalue weighted by Crippen LogP contribution is -2.02. The average molecular weight is 238 g/mol. The number of allylic oxidation sites excluding steroid dienone is 1. The molecule has 0 aliphatic heterocycles. The summed E-state index contributed by atoms with van der Waals surface area (Å²) in [6.07, 6.45) is 8.41. The van der Waals surface area contributed by atoms with Crippen molar-refractivity contribution in [3.63, 3.8) is 0 Å². The van der Waals surface area contributed by atoms with Gasteiger partial charge in [0.15, 0.2) is 0 Å². The molecule has 1 heterocycles. The third-order valence-corrected chi connectivity index (χ3v) is 3.91. The molecule has 88 valence electrons. The van der Waals surface area contributed by atoms with Crippen molar-refractivity contribution in [2.24, 2.45) is 0 Å². The number of aliphatic hydroxyl groups excluding tert-OH is 1. The molecule has 1 aromatic heterocycles. The highest BCUT2D eigenvalue weighted by molar-refractivity contribution is 7.05. The molecule has 0 radical (unpaired) electrons. The van der Waals surface area contributed by atoms with E-state index in [0.717, 1.165) is 29.8 Å². The quantitative estimate of drug-likeness (QED) is 0.823. The Hall–Kier alpha value is -0.740. The van der Waals surface area contributed by atoms with Crippen LogP contribution in [0, 0.1) is 0 Å². The van der Waals surface area contributed by atoms with E-state index in [4.69, 9.17) is 0 Å². The standard InChI is InChI=1S/C12H18N2OS/c1-2-10-12(16-14-13-10)11(15)9-7-5-3-4-6-8-9/h7,11,15H,2-6,8H2,1H3. The van der Waals surface area contributed by atoms with E-state index in [1.807, 2.05) is 0 Å². The molecule has 1 aromatic rings. The molecule has 0 saturated heterocycles. The summed E-state index contributed by atoms with van der Waals surface area (Å²) in [6, 6.07) is 0. The number of aromatic nitrogens is 2. The summed E-state index contributed by atoms with van der Waals surface area (Å²) in [5.41, 5.74) is 2.11. The molecule has 1 aliphatic rings. The van der Waals surface area contributed by atoms with Gasteiger partial charge in [0, 0.05) is 0 Å². The molecule has 4 heteroatoms. The number of aryl methyl sites for hydroxylation is 1. The highest BCUT2D eigenvalue weighted by Crippen LogP contribution is 2.32. The van der Waals surface area contributed by atoms with Gasteiger partial charge in [-0.25, -0.2) is 0 Å². The molecule has 16 heavy (non-hydrogen) atoms. The van der Waals surface area contributed by atoms with Gasteiger partial charge >= 0.3 is 0 Å². The smallest absolute Gasteiger partial charge is 0.113 e. The van der Waals surface area contributed by atoms with Gasteiger partial charge in [-0.3, -0.25) is 0 Å². The Bertz CT molecular complexity index is 373. The molecule has 0 saturated carbocycles. The third-order valence-electron chi connectivity index (χ3n) is 3.10. The van der Waals surface area contributed by atoms with Gasteiger partial charge in [0.05, 0.1) is 10.6 Å². The Morgan fingerprint density at radius 3 is 3.12 bits per heavy atom. The van der Waals surface area contributed by atoms with Crippen LogP contribution >= 0.6 is 11.5 Å². The third kappa shape index (κ3) is 2.50. The van der Waals surface area contributed by atoms with Crippen LogP contribution < -0.4 is 0 Å². The van der Waals surface area contributed by atoms with Gasteiger partial charge < -0.3 is 5.11 Å². The predicted octanol–water partition coefficient (Wildman–Crippen LogP) is 3.02. The topological polar surface area (TPSA) is 46.0 Å². The molecule has 1 N–H and O–H groups in total. The van der Waals surface area contributed by atoms with E-state index in [-0.39, 0.29) is 0 Å². The van der Waals surface area contributed by atoms with Gasteiger partial charge in [-0.2, -0.15) is 0 Å². The summed E-state index contributed by atoms with van der Waals surface area (Å²) in [4.78, 5) is 0.940. The molecule has 1 aliphatic carbocycles. The molecule has 1 atom stereocenters. The summed E-state index contributed by atoms with van der Waals surface area (Å²) in [6.45, 7) is 2.05. The number of rotatable bonds is 3. The van der Waals surface area contributed by atoms with Gasteiger partial charge in [-0.15, -0.1) is 5.10 Å². The Labute approximate surface area is 100 Å².